The van der Waals surface area contributed by atoms with Gasteiger partial charge in [-0.1, -0.05) is 32.8 Å². The molecule has 0 aliphatic rings. The van der Waals surface area contributed by atoms with E-state index in [-0.39, 0.29) is 0 Å². The first-order chi connectivity index (χ1) is 8.68. The van der Waals surface area contributed by atoms with E-state index in [9.17, 15) is 0 Å². The van der Waals surface area contributed by atoms with Crippen LogP contribution in [-0.2, 0) is 0 Å². The van der Waals surface area contributed by atoms with Gasteiger partial charge in [-0.15, -0.1) is 0 Å². The highest BCUT2D eigenvalue weighted by molar-refractivity contribution is 14.1. The molecule has 0 atom stereocenters. The summed E-state index contributed by atoms with van der Waals surface area (Å²) in [6.07, 6.45) is 4.95. The van der Waals surface area contributed by atoms with Crippen molar-refractivity contribution >= 4 is 22.6 Å². The number of hydrogen-bond donors (Lipinski definition) is 1. The smallest absolute Gasteiger partial charge is 0.120 e. The van der Waals surface area contributed by atoms with E-state index < -0.39 is 0 Å². The van der Waals surface area contributed by atoms with Gasteiger partial charge in [-0.25, -0.2) is 0 Å². The molecule has 0 bridgehead atoms. The molecule has 0 aromatic heterocycles. The Balaban J connectivity index is 1.96. The summed E-state index contributed by atoms with van der Waals surface area (Å²) in [7, 11) is 0. The minimum atomic E-state index is 0.605. The Morgan fingerprint density at radius 2 is 1.94 bits per heavy atom. The first kappa shape index (κ1) is 15.8. The summed E-state index contributed by atoms with van der Waals surface area (Å²) in [5.41, 5.74) is 0. The fraction of sp³-hybridized carbons (Fsp3) is 0.600. The summed E-state index contributed by atoms with van der Waals surface area (Å²) in [6.45, 7) is 6.34. The van der Waals surface area contributed by atoms with Crippen LogP contribution in [0.3, 0.4) is 0 Å². The van der Waals surface area contributed by atoms with E-state index in [0.717, 1.165) is 25.3 Å². The third-order valence-corrected chi connectivity index (χ3v) is 3.36. The molecule has 0 spiro atoms. The number of halogens is 1. The van der Waals surface area contributed by atoms with Crippen LogP contribution >= 0.6 is 22.6 Å². The standard InChI is InChI=1S/C15H24INO/c1-13(2)17-10-5-3-4-6-11-18-15-9-7-8-14(16)12-15/h7-9,12-13,17H,3-6,10-11H2,1-2H3. The number of rotatable bonds is 9. The van der Waals surface area contributed by atoms with Gasteiger partial charge in [0.15, 0.2) is 0 Å². The van der Waals surface area contributed by atoms with Crippen molar-refractivity contribution in [2.45, 2.75) is 45.6 Å². The van der Waals surface area contributed by atoms with Gasteiger partial charge in [0.2, 0.25) is 0 Å². The molecule has 0 saturated carbocycles. The monoisotopic (exact) mass is 361 g/mol. The molecule has 0 heterocycles. The normalized spacial score (nSPS) is 10.9. The molecule has 18 heavy (non-hydrogen) atoms. The lowest BCUT2D eigenvalue weighted by Gasteiger charge is -2.08. The Morgan fingerprint density at radius 1 is 1.17 bits per heavy atom. The Hall–Kier alpha value is -0.290. The molecule has 0 saturated heterocycles. The molecule has 0 aliphatic heterocycles. The molecule has 0 unspecified atom stereocenters. The van der Waals surface area contributed by atoms with Gasteiger partial charge in [0.05, 0.1) is 6.61 Å². The van der Waals surface area contributed by atoms with Crippen molar-refractivity contribution in [1.82, 2.24) is 5.32 Å². The maximum atomic E-state index is 5.71. The van der Waals surface area contributed by atoms with Crippen molar-refractivity contribution in [2.24, 2.45) is 0 Å². The third kappa shape index (κ3) is 7.93. The van der Waals surface area contributed by atoms with Crippen molar-refractivity contribution in [3.8, 4) is 5.75 Å². The molecule has 2 nitrogen and oxygen atoms in total. The van der Waals surface area contributed by atoms with E-state index in [1.807, 2.05) is 12.1 Å². The molecular formula is C15H24INO. The van der Waals surface area contributed by atoms with E-state index in [0.29, 0.717) is 6.04 Å². The molecule has 0 aliphatic carbocycles. The Morgan fingerprint density at radius 3 is 2.67 bits per heavy atom. The second kappa shape index (κ2) is 9.62. The number of benzene rings is 1. The number of ether oxygens (including phenoxy) is 1. The molecular weight excluding hydrogens is 337 g/mol. The summed E-state index contributed by atoms with van der Waals surface area (Å²) >= 11 is 2.31. The summed E-state index contributed by atoms with van der Waals surface area (Å²) < 4.78 is 6.94. The van der Waals surface area contributed by atoms with Crippen molar-refractivity contribution in [1.29, 1.82) is 0 Å². The van der Waals surface area contributed by atoms with E-state index in [1.165, 1.54) is 22.8 Å². The maximum absolute atomic E-state index is 5.71. The van der Waals surface area contributed by atoms with Crippen LogP contribution in [0.15, 0.2) is 24.3 Å². The average Bonchev–Trinajstić information content (AvgIpc) is 2.32. The lowest BCUT2D eigenvalue weighted by atomic mass is 10.2. The first-order valence-electron chi connectivity index (χ1n) is 6.80. The van der Waals surface area contributed by atoms with Crippen LogP contribution in [0, 0.1) is 3.57 Å². The Labute approximate surface area is 125 Å². The molecule has 3 heteroatoms. The SMILES string of the molecule is CC(C)NCCCCCCOc1cccc(I)c1. The molecule has 1 rings (SSSR count). The van der Waals surface area contributed by atoms with E-state index in [4.69, 9.17) is 4.74 Å². The van der Waals surface area contributed by atoms with Crippen LogP contribution in [0.2, 0.25) is 0 Å². The molecule has 0 radical (unpaired) electrons. The molecule has 0 fully saturated rings. The van der Waals surface area contributed by atoms with Gasteiger partial charge in [0.1, 0.15) is 5.75 Å². The van der Waals surface area contributed by atoms with E-state index >= 15 is 0 Å². The minimum absolute atomic E-state index is 0.605. The highest BCUT2D eigenvalue weighted by Crippen LogP contribution is 2.15. The summed E-state index contributed by atoms with van der Waals surface area (Å²) in [4.78, 5) is 0. The van der Waals surface area contributed by atoms with Gasteiger partial charge in [0.25, 0.3) is 0 Å². The summed E-state index contributed by atoms with van der Waals surface area (Å²) in [5, 5.41) is 3.44. The number of unbranched alkanes of at least 4 members (excludes halogenated alkanes) is 3. The van der Waals surface area contributed by atoms with Crippen LogP contribution < -0.4 is 10.1 Å². The van der Waals surface area contributed by atoms with Crippen molar-refractivity contribution in [3.05, 3.63) is 27.8 Å². The first-order valence-corrected chi connectivity index (χ1v) is 7.88. The maximum Gasteiger partial charge on any atom is 0.120 e. The zero-order valence-corrected chi connectivity index (χ0v) is 13.6. The van der Waals surface area contributed by atoms with Crippen LogP contribution in [-0.4, -0.2) is 19.2 Å². The lowest BCUT2D eigenvalue weighted by Crippen LogP contribution is -2.23. The fourth-order valence-corrected chi connectivity index (χ4v) is 2.23. The minimum Gasteiger partial charge on any atom is -0.494 e. The van der Waals surface area contributed by atoms with Crippen LogP contribution in [0.25, 0.3) is 0 Å². The van der Waals surface area contributed by atoms with Gasteiger partial charge >= 0.3 is 0 Å². The van der Waals surface area contributed by atoms with Crippen molar-refractivity contribution in [3.63, 3.8) is 0 Å². The second-order valence-corrected chi connectivity index (χ2v) is 6.07. The van der Waals surface area contributed by atoms with E-state index in [1.54, 1.807) is 0 Å². The number of nitrogens with one attached hydrogen (secondary N) is 1. The van der Waals surface area contributed by atoms with Gasteiger partial charge in [-0.2, -0.15) is 0 Å². The molecule has 1 aromatic carbocycles. The molecule has 0 amide bonds. The van der Waals surface area contributed by atoms with Gasteiger partial charge in [-0.05, 0) is 60.2 Å². The largest absolute Gasteiger partial charge is 0.494 e. The Bertz CT molecular complexity index is 328. The van der Waals surface area contributed by atoms with Crippen LogP contribution in [0.4, 0.5) is 0 Å². The lowest BCUT2D eigenvalue weighted by molar-refractivity contribution is 0.304. The van der Waals surface area contributed by atoms with Gasteiger partial charge < -0.3 is 10.1 Å². The Kier molecular flexibility index (Phi) is 8.42. The van der Waals surface area contributed by atoms with Crippen molar-refractivity contribution < 1.29 is 4.74 Å². The highest BCUT2D eigenvalue weighted by atomic mass is 127. The van der Waals surface area contributed by atoms with E-state index in [2.05, 4.69) is 53.9 Å². The molecule has 102 valence electrons. The predicted molar refractivity (Wildman–Crippen MR) is 86.3 cm³/mol. The quantitative estimate of drug-likeness (QED) is 0.525. The zero-order valence-electron chi connectivity index (χ0n) is 11.4. The predicted octanol–water partition coefficient (Wildman–Crippen LogP) is 4.23. The zero-order chi connectivity index (χ0) is 13.2. The van der Waals surface area contributed by atoms with Crippen LogP contribution in [0.5, 0.6) is 5.75 Å². The van der Waals surface area contributed by atoms with Crippen molar-refractivity contribution in [2.75, 3.05) is 13.2 Å². The van der Waals surface area contributed by atoms with Gasteiger partial charge in [-0.3, -0.25) is 0 Å². The molecule has 1 N–H and O–H groups in total. The average molecular weight is 361 g/mol. The van der Waals surface area contributed by atoms with Crippen LogP contribution in [0.1, 0.15) is 39.5 Å². The summed E-state index contributed by atoms with van der Waals surface area (Å²) in [5.74, 6) is 0.989. The number of hydrogen-bond acceptors (Lipinski definition) is 2. The molecule has 1 aromatic rings. The second-order valence-electron chi connectivity index (χ2n) is 4.83. The van der Waals surface area contributed by atoms with Gasteiger partial charge in [0, 0.05) is 9.61 Å². The fourth-order valence-electron chi connectivity index (χ4n) is 1.72. The summed E-state index contributed by atoms with van der Waals surface area (Å²) in [6, 6.07) is 8.82. The third-order valence-electron chi connectivity index (χ3n) is 2.69. The topological polar surface area (TPSA) is 21.3 Å². The highest BCUT2D eigenvalue weighted by Gasteiger charge is 1.96.